The Hall–Kier alpha value is -1.49. The van der Waals surface area contributed by atoms with Crippen LogP contribution in [0.1, 0.15) is 6.92 Å². The lowest BCUT2D eigenvalue weighted by molar-refractivity contribution is -0.122. The Balaban J connectivity index is 2.22. The van der Waals surface area contributed by atoms with Gasteiger partial charge in [-0.3, -0.25) is 14.4 Å². The van der Waals surface area contributed by atoms with Crippen molar-refractivity contribution in [3.63, 3.8) is 0 Å². The van der Waals surface area contributed by atoms with Crippen molar-refractivity contribution < 1.29 is 19.1 Å². The Kier molecular flexibility index (Phi) is 1.56. The zero-order valence-electron chi connectivity index (χ0n) is 6.87. The number of rotatable bonds is 1. The number of ether oxygens (including phenoxy) is 1. The summed E-state index contributed by atoms with van der Waals surface area (Å²) in [6.07, 6.45) is -0.123. The number of carbonyl (C=O) groups is 3. The van der Waals surface area contributed by atoms with E-state index in [1.807, 2.05) is 0 Å². The van der Waals surface area contributed by atoms with Crippen LogP contribution in [0, 0.1) is 0 Å². The summed E-state index contributed by atoms with van der Waals surface area (Å²) >= 11 is 0. The van der Waals surface area contributed by atoms with Crippen molar-refractivity contribution in [1.29, 1.82) is 0 Å². The molecule has 1 N–H and O–H groups in total. The first kappa shape index (κ1) is 8.12. The summed E-state index contributed by atoms with van der Waals surface area (Å²) in [6.45, 7) is 1.28. The molecule has 0 aromatic carbocycles. The molecule has 2 atom stereocenters. The fraction of sp³-hybridized carbons (Fsp3) is 0.375. The van der Waals surface area contributed by atoms with E-state index in [-0.39, 0.29) is 23.2 Å². The Morgan fingerprint density at radius 1 is 1.46 bits per heavy atom. The number of carbonyl (C=O) groups excluding carboxylic acids is 3. The molecule has 1 amide bonds. The summed E-state index contributed by atoms with van der Waals surface area (Å²) in [7, 11) is 0. The molecule has 5 heteroatoms. The Bertz CT molecular complexity index is 344. The number of amides is 1. The maximum atomic E-state index is 11.3. The topological polar surface area (TPSA) is 75.8 Å². The van der Waals surface area contributed by atoms with Crippen molar-refractivity contribution in [2.24, 2.45) is 0 Å². The molecule has 0 bridgehead atoms. The summed E-state index contributed by atoms with van der Waals surface area (Å²) in [5.74, 6) is -0.945. The molecular formula is C8H7NO4. The third kappa shape index (κ3) is 1.27. The Morgan fingerprint density at radius 2 is 2.15 bits per heavy atom. The predicted octanol–water partition coefficient (Wildman–Crippen LogP) is -1.07. The highest BCUT2D eigenvalue weighted by Gasteiger charge is 2.53. The zero-order valence-corrected chi connectivity index (χ0v) is 6.87. The molecule has 2 rings (SSSR count). The minimum atomic E-state index is -0.653. The molecule has 0 aromatic rings. The number of ketones is 2. The average Bonchev–Trinajstić information content (AvgIpc) is 2.77. The fourth-order valence-electron chi connectivity index (χ4n) is 1.26. The van der Waals surface area contributed by atoms with Gasteiger partial charge in [0.2, 0.25) is 11.7 Å². The second-order valence-corrected chi connectivity index (χ2v) is 2.98. The molecule has 1 saturated heterocycles. The molecule has 68 valence electrons. The maximum Gasteiger partial charge on any atom is 0.221 e. The zero-order chi connectivity index (χ0) is 9.59. The highest BCUT2D eigenvalue weighted by Crippen LogP contribution is 2.30. The van der Waals surface area contributed by atoms with Gasteiger partial charge in [0.1, 0.15) is 0 Å². The molecule has 1 heterocycles. The van der Waals surface area contributed by atoms with Gasteiger partial charge in [-0.1, -0.05) is 0 Å². The molecule has 0 saturated carbocycles. The second-order valence-electron chi connectivity index (χ2n) is 2.98. The van der Waals surface area contributed by atoms with E-state index in [1.54, 1.807) is 0 Å². The van der Waals surface area contributed by atoms with Crippen LogP contribution in [0.5, 0.6) is 0 Å². The van der Waals surface area contributed by atoms with Gasteiger partial charge in [0.15, 0.2) is 18.0 Å². The van der Waals surface area contributed by atoms with Gasteiger partial charge in [0.05, 0.1) is 5.70 Å². The molecule has 13 heavy (non-hydrogen) atoms. The van der Waals surface area contributed by atoms with Gasteiger partial charge >= 0.3 is 0 Å². The number of fused-ring (bicyclic) bond motifs is 1. The van der Waals surface area contributed by atoms with Crippen LogP contribution >= 0.6 is 0 Å². The van der Waals surface area contributed by atoms with Crippen molar-refractivity contribution >= 4 is 17.5 Å². The number of hydrogen-bond acceptors (Lipinski definition) is 4. The van der Waals surface area contributed by atoms with Crippen LogP contribution in [-0.4, -0.2) is 29.7 Å². The van der Waals surface area contributed by atoms with Gasteiger partial charge < -0.3 is 10.1 Å². The average molecular weight is 181 g/mol. The largest absolute Gasteiger partial charge is 0.352 e. The van der Waals surface area contributed by atoms with E-state index in [0.717, 1.165) is 6.08 Å². The standard InChI is InChI=1S/C8H7NO4/c1-3(10)9-4-2-5(11)7-8(13-7)6(4)12/h2,7-8H,1H3,(H,9,10). The van der Waals surface area contributed by atoms with Crippen molar-refractivity contribution in [3.8, 4) is 0 Å². The molecule has 1 fully saturated rings. The summed E-state index contributed by atoms with van der Waals surface area (Å²) in [5, 5.41) is 2.29. The first-order chi connectivity index (χ1) is 6.09. The van der Waals surface area contributed by atoms with Gasteiger partial charge in [-0.15, -0.1) is 0 Å². The van der Waals surface area contributed by atoms with E-state index >= 15 is 0 Å². The molecule has 2 aliphatic rings. The van der Waals surface area contributed by atoms with Gasteiger partial charge in [-0.2, -0.15) is 0 Å². The normalized spacial score (nSPS) is 30.7. The SMILES string of the molecule is CC(=O)NC1=CC(=O)C2OC2C1=O. The van der Waals surface area contributed by atoms with Gasteiger partial charge in [0.25, 0.3) is 0 Å². The lowest BCUT2D eigenvalue weighted by Crippen LogP contribution is -2.33. The van der Waals surface area contributed by atoms with Crippen molar-refractivity contribution in [2.75, 3.05) is 0 Å². The van der Waals surface area contributed by atoms with Crippen LogP contribution in [0.2, 0.25) is 0 Å². The maximum absolute atomic E-state index is 11.3. The first-order valence-corrected chi connectivity index (χ1v) is 3.82. The van der Waals surface area contributed by atoms with E-state index in [0.29, 0.717) is 0 Å². The molecule has 0 spiro atoms. The summed E-state index contributed by atoms with van der Waals surface area (Å²) in [4.78, 5) is 33.0. The lowest BCUT2D eigenvalue weighted by atomic mass is 10.0. The number of hydrogen-bond donors (Lipinski definition) is 1. The van der Waals surface area contributed by atoms with E-state index in [4.69, 9.17) is 4.74 Å². The highest BCUT2D eigenvalue weighted by atomic mass is 16.6. The molecule has 1 aliphatic carbocycles. The minimum absolute atomic E-state index is 0.0382. The van der Waals surface area contributed by atoms with E-state index in [1.165, 1.54) is 6.92 Å². The van der Waals surface area contributed by atoms with Gasteiger partial charge in [-0.25, -0.2) is 0 Å². The molecular weight excluding hydrogens is 174 g/mol. The van der Waals surface area contributed by atoms with Crippen LogP contribution in [0.4, 0.5) is 0 Å². The number of Topliss-reactive ketones (excluding diaryl/α,β-unsaturated/α-hetero) is 1. The van der Waals surface area contributed by atoms with E-state index in [9.17, 15) is 14.4 Å². The van der Waals surface area contributed by atoms with E-state index < -0.39 is 12.2 Å². The quantitative estimate of drug-likeness (QED) is 0.522. The van der Waals surface area contributed by atoms with Crippen LogP contribution in [0.15, 0.2) is 11.8 Å². The summed E-state index contributed by atoms with van der Waals surface area (Å²) in [6, 6.07) is 0. The van der Waals surface area contributed by atoms with Crippen LogP contribution in [-0.2, 0) is 19.1 Å². The second kappa shape index (κ2) is 2.50. The van der Waals surface area contributed by atoms with Gasteiger partial charge in [0, 0.05) is 13.0 Å². The minimum Gasteiger partial charge on any atom is -0.352 e. The predicted molar refractivity (Wildman–Crippen MR) is 40.6 cm³/mol. The van der Waals surface area contributed by atoms with Crippen molar-refractivity contribution in [1.82, 2.24) is 5.32 Å². The smallest absolute Gasteiger partial charge is 0.221 e. The number of nitrogens with one attached hydrogen (secondary N) is 1. The van der Waals surface area contributed by atoms with Crippen LogP contribution in [0.3, 0.4) is 0 Å². The molecule has 5 nitrogen and oxygen atoms in total. The molecule has 0 aromatic heterocycles. The fourth-order valence-corrected chi connectivity index (χ4v) is 1.26. The summed E-state index contributed by atoms with van der Waals surface area (Å²) in [5.41, 5.74) is 0.0382. The third-order valence-electron chi connectivity index (χ3n) is 1.89. The summed E-state index contributed by atoms with van der Waals surface area (Å²) < 4.78 is 4.81. The van der Waals surface area contributed by atoms with Crippen LogP contribution in [0.25, 0.3) is 0 Å². The van der Waals surface area contributed by atoms with Crippen molar-refractivity contribution in [3.05, 3.63) is 11.8 Å². The lowest BCUT2D eigenvalue weighted by Gasteiger charge is -2.07. The van der Waals surface area contributed by atoms with Crippen molar-refractivity contribution in [2.45, 2.75) is 19.1 Å². The third-order valence-corrected chi connectivity index (χ3v) is 1.89. The first-order valence-electron chi connectivity index (χ1n) is 3.82. The molecule has 1 aliphatic heterocycles. The van der Waals surface area contributed by atoms with Gasteiger partial charge in [-0.05, 0) is 0 Å². The van der Waals surface area contributed by atoms with Crippen LogP contribution < -0.4 is 5.32 Å². The molecule has 0 radical (unpaired) electrons. The highest BCUT2D eigenvalue weighted by molar-refractivity contribution is 6.16. The van der Waals surface area contributed by atoms with E-state index in [2.05, 4.69) is 5.32 Å². The monoisotopic (exact) mass is 181 g/mol. The Labute approximate surface area is 73.7 Å². The Morgan fingerprint density at radius 3 is 2.77 bits per heavy atom. The molecule has 2 unspecified atom stereocenters. The number of epoxide rings is 1.